The lowest BCUT2D eigenvalue weighted by molar-refractivity contribution is -0.141. The molecule has 0 saturated carbocycles. The van der Waals surface area contributed by atoms with Gasteiger partial charge in [0.05, 0.1) is 6.61 Å². The predicted molar refractivity (Wildman–Crippen MR) is 69.8 cm³/mol. The maximum Gasteiger partial charge on any atom is 0.325 e. The number of hydrogen-bond donors (Lipinski definition) is 3. The van der Waals surface area contributed by atoms with Crippen LogP contribution in [0.15, 0.2) is 24.3 Å². The summed E-state index contributed by atoms with van der Waals surface area (Å²) in [6, 6.07) is 6.35. The average molecular weight is 266 g/mol. The lowest BCUT2D eigenvalue weighted by Gasteiger charge is -2.07. The Hall–Kier alpha value is -2.24. The summed E-state index contributed by atoms with van der Waals surface area (Å²) in [7, 11) is 0. The van der Waals surface area contributed by atoms with Crippen molar-refractivity contribution in [2.24, 2.45) is 0 Å². The Kier molecular flexibility index (Phi) is 6.21. The average Bonchev–Trinajstić information content (AvgIpc) is 2.39. The maximum absolute atomic E-state index is 11.3. The molecule has 0 unspecified atom stereocenters. The third-order valence-electron chi connectivity index (χ3n) is 2.33. The van der Waals surface area contributed by atoms with Crippen molar-refractivity contribution >= 4 is 12.0 Å². The molecule has 0 aliphatic carbocycles. The van der Waals surface area contributed by atoms with Crippen LogP contribution in [0.5, 0.6) is 5.75 Å². The van der Waals surface area contributed by atoms with Gasteiger partial charge in [0.15, 0.2) is 0 Å². The topological polar surface area (TPSA) is 87.7 Å². The second-order valence-corrected chi connectivity index (χ2v) is 3.83. The molecule has 0 spiro atoms. The Morgan fingerprint density at radius 1 is 1.21 bits per heavy atom. The number of benzene rings is 1. The summed E-state index contributed by atoms with van der Waals surface area (Å²) in [5.41, 5.74) is 1.00. The SMILES string of the molecule is CCOC(=O)CNC(=O)NCCc1ccc(O)cc1. The second-order valence-electron chi connectivity index (χ2n) is 3.83. The molecule has 0 aliphatic rings. The summed E-state index contributed by atoms with van der Waals surface area (Å²) < 4.78 is 4.67. The minimum atomic E-state index is -0.462. The molecule has 0 aliphatic heterocycles. The van der Waals surface area contributed by atoms with Crippen molar-refractivity contribution in [3.63, 3.8) is 0 Å². The van der Waals surface area contributed by atoms with Crippen molar-refractivity contribution in [1.82, 2.24) is 10.6 Å². The van der Waals surface area contributed by atoms with Gasteiger partial charge < -0.3 is 20.5 Å². The Balaban J connectivity index is 2.16. The molecule has 104 valence electrons. The van der Waals surface area contributed by atoms with Crippen LogP contribution in [0.25, 0.3) is 0 Å². The molecule has 19 heavy (non-hydrogen) atoms. The maximum atomic E-state index is 11.3. The van der Waals surface area contributed by atoms with E-state index in [0.29, 0.717) is 19.6 Å². The van der Waals surface area contributed by atoms with Crippen molar-refractivity contribution in [3.8, 4) is 5.75 Å². The van der Waals surface area contributed by atoms with Crippen LogP contribution in [0.2, 0.25) is 0 Å². The molecular weight excluding hydrogens is 248 g/mol. The molecule has 6 nitrogen and oxygen atoms in total. The number of amides is 2. The zero-order valence-electron chi connectivity index (χ0n) is 10.8. The fourth-order valence-electron chi connectivity index (χ4n) is 1.41. The Bertz CT molecular complexity index is 417. The van der Waals surface area contributed by atoms with Crippen LogP contribution >= 0.6 is 0 Å². The van der Waals surface area contributed by atoms with Crippen LogP contribution in [0, 0.1) is 0 Å². The lowest BCUT2D eigenvalue weighted by Crippen LogP contribution is -2.39. The van der Waals surface area contributed by atoms with Crippen molar-refractivity contribution in [2.45, 2.75) is 13.3 Å². The molecule has 0 aromatic heterocycles. The largest absolute Gasteiger partial charge is 0.508 e. The highest BCUT2D eigenvalue weighted by molar-refractivity contribution is 5.80. The van der Waals surface area contributed by atoms with Gasteiger partial charge >= 0.3 is 12.0 Å². The molecule has 2 amide bonds. The summed E-state index contributed by atoms with van der Waals surface area (Å²) >= 11 is 0. The number of urea groups is 1. The van der Waals surface area contributed by atoms with Crippen LogP contribution < -0.4 is 10.6 Å². The summed E-state index contributed by atoms with van der Waals surface area (Å²) in [6.07, 6.45) is 0.646. The second kappa shape index (κ2) is 7.97. The zero-order chi connectivity index (χ0) is 14.1. The van der Waals surface area contributed by atoms with E-state index in [1.807, 2.05) is 0 Å². The fourth-order valence-corrected chi connectivity index (χ4v) is 1.41. The lowest BCUT2D eigenvalue weighted by atomic mass is 10.1. The normalized spacial score (nSPS) is 9.74. The van der Waals surface area contributed by atoms with Crippen molar-refractivity contribution in [1.29, 1.82) is 0 Å². The Morgan fingerprint density at radius 2 is 1.89 bits per heavy atom. The first-order chi connectivity index (χ1) is 9.11. The van der Waals surface area contributed by atoms with Crippen LogP contribution in [-0.2, 0) is 16.0 Å². The Morgan fingerprint density at radius 3 is 2.53 bits per heavy atom. The van der Waals surface area contributed by atoms with E-state index in [0.717, 1.165) is 5.56 Å². The number of phenols is 1. The highest BCUT2D eigenvalue weighted by Crippen LogP contribution is 2.09. The first-order valence-electron chi connectivity index (χ1n) is 6.07. The van der Waals surface area contributed by atoms with Crippen LogP contribution in [0.3, 0.4) is 0 Å². The Labute approximate surface area is 111 Å². The van der Waals surface area contributed by atoms with Gasteiger partial charge in [-0.25, -0.2) is 4.79 Å². The van der Waals surface area contributed by atoms with Gasteiger partial charge in [-0.2, -0.15) is 0 Å². The zero-order valence-corrected chi connectivity index (χ0v) is 10.8. The van der Waals surface area contributed by atoms with Crippen LogP contribution in [0.4, 0.5) is 4.79 Å². The van der Waals surface area contributed by atoms with E-state index in [1.165, 1.54) is 0 Å². The minimum absolute atomic E-state index is 0.140. The summed E-state index contributed by atoms with van der Waals surface area (Å²) in [4.78, 5) is 22.3. The fraction of sp³-hybridized carbons (Fsp3) is 0.385. The number of phenolic OH excluding ortho intramolecular Hbond substituents is 1. The first-order valence-corrected chi connectivity index (χ1v) is 6.07. The molecule has 0 radical (unpaired) electrons. The van der Waals surface area contributed by atoms with Gasteiger partial charge in [-0.1, -0.05) is 12.1 Å². The molecule has 0 fully saturated rings. The molecule has 1 aromatic carbocycles. The number of ether oxygens (including phenoxy) is 1. The summed E-state index contributed by atoms with van der Waals surface area (Å²) in [5.74, 6) is -0.250. The molecule has 1 aromatic rings. The minimum Gasteiger partial charge on any atom is -0.508 e. The first kappa shape index (κ1) is 14.8. The molecule has 1 rings (SSSR count). The van der Waals surface area contributed by atoms with Crippen molar-refractivity contribution in [3.05, 3.63) is 29.8 Å². The number of nitrogens with one attached hydrogen (secondary N) is 2. The molecule has 0 atom stereocenters. The van der Waals surface area contributed by atoms with E-state index in [-0.39, 0.29) is 12.3 Å². The highest BCUT2D eigenvalue weighted by Gasteiger charge is 2.04. The highest BCUT2D eigenvalue weighted by atomic mass is 16.5. The molecule has 0 saturated heterocycles. The molecular formula is C13H18N2O4. The molecule has 3 N–H and O–H groups in total. The number of hydrogen-bond acceptors (Lipinski definition) is 4. The van der Waals surface area contributed by atoms with Gasteiger partial charge in [0, 0.05) is 6.54 Å². The number of rotatable bonds is 6. The third kappa shape index (κ3) is 6.30. The standard InChI is InChI=1S/C13H18N2O4/c1-2-19-12(17)9-15-13(18)14-8-7-10-3-5-11(16)6-4-10/h3-6,16H,2,7-9H2,1H3,(H2,14,15,18). The van der Waals surface area contributed by atoms with Crippen LogP contribution in [0.1, 0.15) is 12.5 Å². The molecule has 0 bridgehead atoms. The van der Waals surface area contributed by atoms with Gasteiger partial charge in [0.1, 0.15) is 12.3 Å². The predicted octanol–water partition coefficient (Wildman–Crippen LogP) is 0.797. The number of carbonyl (C=O) groups is 2. The van der Waals surface area contributed by atoms with Gasteiger partial charge in [-0.15, -0.1) is 0 Å². The number of aromatic hydroxyl groups is 1. The van der Waals surface area contributed by atoms with E-state index in [2.05, 4.69) is 15.4 Å². The molecule has 6 heteroatoms. The third-order valence-corrected chi connectivity index (χ3v) is 2.33. The monoisotopic (exact) mass is 266 g/mol. The van der Waals surface area contributed by atoms with Crippen molar-refractivity contribution < 1.29 is 19.4 Å². The van der Waals surface area contributed by atoms with E-state index in [9.17, 15) is 9.59 Å². The van der Waals surface area contributed by atoms with E-state index in [4.69, 9.17) is 5.11 Å². The van der Waals surface area contributed by atoms with Gasteiger partial charge in [-0.3, -0.25) is 4.79 Å². The van der Waals surface area contributed by atoms with E-state index in [1.54, 1.807) is 31.2 Å². The summed E-state index contributed by atoms with van der Waals surface area (Å²) in [5, 5.41) is 14.1. The van der Waals surface area contributed by atoms with E-state index >= 15 is 0 Å². The van der Waals surface area contributed by atoms with Crippen LogP contribution in [-0.4, -0.2) is 36.8 Å². The van der Waals surface area contributed by atoms with Gasteiger partial charge in [0.25, 0.3) is 0 Å². The van der Waals surface area contributed by atoms with Gasteiger partial charge in [0.2, 0.25) is 0 Å². The quantitative estimate of drug-likeness (QED) is 0.664. The smallest absolute Gasteiger partial charge is 0.325 e. The van der Waals surface area contributed by atoms with Gasteiger partial charge in [-0.05, 0) is 31.0 Å². The number of esters is 1. The molecule has 0 heterocycles. The number of carbonyl (C=O) groups excluding carboxylic acids is 2. The summed E-state index contributed by atoms with van der Waals surface area (Å²) in [6.45, 7) is 2.30. The van der Waals surface area contributed by atoms with E-state index < -0.39 is 12.0 Å². The van der Waals surface area contributed by atoms with Crippen molar-refractivity contribution in [2.75, 3.05) is 19.7 Å².